The number of aryl methyl sites for hydroxylation is 1. The first kappa shape index (κ1) is 19.3. The molecular weight excluding hydrogens is 408 g/mol. The Kier molecular flexibility index (Phi) is 5.42. The number of nitrogens with zero attached hydrogens (tertiary/aromatic N) is 3. The molecule has 29 heavy (non-hydrogen) atoms. The smallest absolute Gasteiger partial charge is 0.269 e. The molecule has 1 N–H and O–H groups in total. The zero-order valence-electron chi connectivity index (χ0n) is 15.6. The van der Waals surface area contributed by atoms with Crippen LogP contribution in [-0.2, 0) is 17.8 Å². The summed E-state index contributed by atoms with van der Waals surface area (Å²) in [7, 11) is 0. The van der Waals surface area contributed by atoms with E-state index in [1.165, 1.54) is 22.1 Å². The fraction of sp³-hybridized carbons (Fsp3) is 0.143. The SMILES string of the molecule is Cc1nc(NC(=O)Cn2c(=O)cnc3ccccc32)sc1Cc1ccccc1Cl. The van der Waals surface area contributed by atoms with Crippen LogP contribution >= 0.6 is 22.9 Å². The zero-order valence-corrected chi connectivity index (χ0v) is 17.1. The molecule has 0 radical (unpaired) electrons. The molecule has 0 saturated heterocycles. The minimum Gasteiger partial charge on any atom is -0.300 e. The Labute approximate surface area is 175 Å². The van der Waals surface area contributed by atoms with E-state index in [2.05, 4.69) is 15.3 Å². The van der Waals surface area contributed by atoms with Gasteiger partial charge in [-0.15, -0.1) is 11.3 Å². The van der Waals surface area contributed by atoms with Crippen LogP contribution in [0.15, 0.2) is 59.5 Å². The van der Waals surface area contributed by atoms with Gasteiger partial charge in [0.05, 0.1) is 22.9 Å². The highest BCUT2D eigenvalue weighted by molar-refractivity contribution is 7.15. The van der Waals surface area contributed by atoms with Crippen LogP contribution in [0, 0.1) is 6.92 Å². The molecule has 1 amide bonds. The van der Waals surface area contributed by atoms with E-state index in [0.717, 1.165) is 16.1 Å². The predicted molar refractivity (Wildman–Crippen MR) is 116 cm³/mol. The summed E-state index contributed by atoms with van der Waals surface area (Å²) in [4.78, 5) is 34.4. The number of thiazole rings is 1. The fourth-order valence-corrected chi connectivity index (χ4v) is 4.24. The second-order valence-electron chi connectivity index (χ2n) is 6.52. The van der Waals surface area contributed by atoms with Crippen LogP contribution in [0.4, 0.5) is 5.13 Å². The number of fused-ring (bicyclic) bond motifs is 1. The van der Waals surface area contributed by atoms with Gasteiger partial charge in [-0.3, -0.25) is 14.2 Å². The van der Waals surface area contributed by atoms with Crippen LogP contribution in [-0.4, -0.2) is 20.4 Å². The van der Waals surface area contributed by atoms with E-state index in [0.29, 0.717) is 27.6 Å². The average molecular weight is 425 g/mol. The Morgan fingerprint density at radius 3 is 2.76 bits per heavy atom. The maximum absolute atomic E-state index is 12.6. The van der Waals surface area contributed by atoms with E-state index < -0.39 is 0 Å². The standard InChI is InChI=1S/C21H17ClN4O2S/c1-13-18(10-14-6-2-3-7-15(14)22)29-21(24-13)25-19(27)12-26-17-9-5-4-8-16(17)23-11-20(26)28/h2-9,11H,10,12H2,1H3,(H,24,25,27). The van der Waals surface area contributed by atoms with Gasteiger partial charge in [-0.05, 0) is 30.7 Å². The minimum absolute atomic E-state index is 0.111. The predicted octanol–water partition coefficient (Wildman–Crippen LogP) is 4.04. The molecule has 0 fully saturated rings. The van der Waals surface area contributed by atoms with Crippen LogP contribution in [0.5, 0.6) is 0 Å². The van der Waals surface area contributed by atoms with Crippen LogP contribution < -0.4 is 10.9 Å². The Bertz CT molecular complexity index is 1270. The molecule has 8 heteroatoms. The van der Waals surface area contributed by atoms with Crippen molar-refractivity contribution in [2.45, 2.75) is 19.9 Å². The van der Waals surface area contributed by atoms with E-state index in [4.69, 9.17) is 11.6 Å². The number of anilines is 1. The monoisotopic (exact) mass is 424 g/mol. The first-order chi connectivity index (χ1) is 14.0. The van der Waals surface area contributed by atoms with Gasteiger partial charge in [-0.25, -0.2) is 9.97 Å². The van der Waals surface area contributed by atoms with Gasteiger partial charge >= 0.3 is 0 Å². The molecule has 0 bridgehead atoms. The van der Waals surface area contributed by atoms with Gasteiger partial charge in [-0.2, -0.15) is 0 Å². The van der Waals surface area contributed by atoms with Crippen molar-refractivity contribution in [1.29, 1.82) is 0 Å². The number of para-hydroxylation sites is 2. The van der Waals surface area contributed by atoms with Crippen molar-refractivity contribution >= 4 is 45.0 Å². The Balaban J connectivity index is 1.52. The normalized spacial score (nSPS) is 11.0. The van der Waals surface area contributed by atoms with Crippen molar-refractivity contribution in [2.75, 3.05) is 5.32 Å². The fourth-order valence-electron chi connectivity index (χ4n) is 3.04. The first-order valence-corrected chi connectivity index (χ1v) is 10.1. The summed E-state index contributed by atoms with van der Waals surface area (Å²) in [6, 6.07) is 14.9. The molecule has 4 rings (SSSR count). The Hall–Kier alpha value is -3.03. The summed E-state index contributed by atoms with van der Waals surface area (Å²) in [5.74, 6) is -0.318. The van der Waals surface area contributed by atoms with Gasteiger partial charge in [0.15, 0.2) is 5.13 Å². The van der Waals surface area contributed by atoms with Gasteiger partial charge in [0.2, 0.25) is 5.91 Å². The molecule has 0 saturated carbocycles. The summed E-state index contributed by atoms with van der Waals surface area (Å²) in [5, 5.41) is 4.00. The molecule has 2 aromatic carbocycles. The second-order valence-corrected chi connectivity index (χ2v) is 8.01. The van der Waals surface area contributed by atoms with E-state index >= 15 is 0 Å². The molecule has 146 valence electrons. The number of rotatable bonds is 5. The molecule has 4 aromatic rings. The van der Waals surface area contributed by atoms with Crippen LogP contribution in [0.25, 0.3) is 11.0 Å². The van der Waals surface area contributed by atoms with Crippen LogP contribution in [0.3, 0.4) is 0 Å². The van der Waals surface area contributed by atoms with Crippen molar-refractivity contribution in [1.82, 2.24) is 14.5 Å². The van der Waals surface area contributed by atoms with E-state index in [1.807, 2.05) is 43.3 Å². The topological polar surface area (TPSA) is 76.9 Å². The van der Waals surface area contributed by atoms with Gasteiger partial charge in [-0.1, -0.05) is 41.9 Å². The van der Waals surface area contributed by atoms with E-state index in [-0.39, 0.29) is 18.0 Å². The quantitative estimate of drug-likeness (QED) is 0.524. The van der Waals surface area contributed by atoms with Gasteiger partial charge < -0.3 is 5.32 Å². The highest BCUT2D eigenvalue weighted by Gasteiger charge is 2.14. The third-order valence-corrected chi connectivity index (χ3v) is 5.94. The third kappa shape index (κ3) is 4.21. The highest BCUT2D eigenvalue weighted by atomic mass is 35.5. The third-order valence-electron chi connectivity index (χ3n) is 4.50. The summed E-state index contributed by atoms with van der Waals surface area (Å²) in [5.41, 5.74) is 2.80. The van der Waals surface area contributed by atoms with Crippen molar-refractivity contribution in [3.8, 4) is 0 Å². The van der Waals surface area contributed by atoms with Crippen LogP contribution in [0.1, 0.15) is 16.1 Å². The minimum atomic E-state index is -0.325. The molecule has 0 aliphatic carbocycles. The number of carbonyl (C=O) groups is 1. The Morgan fingerprint density at radius 1 is 1.17 bits per heavy atom. The summed E-state index contributed by atoms with van der Waals surface area (Å²) in [6.45, 7) is 1.79. The summed E-state index contributed by atoms with van der Waals surface area (Å²) >= 11 is 7.66. The molecule has 0 unspecified atom stereocenters. The molecule has 0 aliphatic heterocycles. The lowest BCUT2D eigenvalue weighted by Gasteiger charge is -2.08. The molecule has 2 aromatic heterocycles. The van der Waals surface area contributed by atoms with Crippen molar-refractivity contribution in [2.24, 2.45) is 0 Å². The van der Waals surface area contributed by atoms with Gasteiger partial charge in [0.25, 0.3) is 5.56 Å². The van der Waals surface area contributed by atoms with Gasteiger partial charge in [0.1, 0.15) is 6.54 Å². The molecule has 0 spiro atoms. The van der Waals surface area contributed by atoms with Crippen molar-refractivity contribution in [3.63, 3.8) is 0 Å². The lowest BCUT2D eigenvalue weighted by molar-refractivity contribution is -0.116. The number of benzene rings is 2. The average Bonchev–Trinajstić information content (AvgIpc) is 3.04. The number of aromatic nitrogens is 3. The van der Waals surface area contributed by atoms with Crippen LogP contribution in [0.2, 0.25) is 5.02 Å². The number of nitrogens with one attached hydrogen (secondary N) is 1. The van der Waals surface area contributed by atoms with Crippen molar-refractivity contribution in [3.05, 3.63) is 86.2 Å². The largest absolute Gasteiger partial charge is 0.300 e. The number of carbonyl (C=O) groups excluding carboxylic acids is 1. The van der Waals surface area contributed by atoms with E-state index in [1.54, 1.807) is 12.1 Å². The van der Waals surface area contributed by atoms with Crippen molar-refractivity contribution < 1.29 is 4.79 Å². The summed E-state index contributed by atoms with van der Waals surface area (Å²) in [6.07, 6.45) is 1.87. The number of hydrogen-bond donors (Lipinski definition) is 1. The highest BCUT2D eigenvalue weighted by Crippen LogP contribution is 2.27. The molecular formula is C21H17ClN4O2S. The maximum Gasteiger partial charge on any atom is 0.269 e. The molecule has 0 atom stereocenters. The molecule has 0 aliphatic rings. The summed E-state index contributed by atoms with van der Waals surface area (Å²) < 4.78 is 1.41. The number of hydrogen-bond acceptors (Lipinski definition) is 5. The Morgan fingerprint density at radius 2 is 1.93 bits per heavy atom. The number of halogens is 1. The van der Waals surface area contributed by atoms with Gasteiger partial charge in [0, 0.05) is 16.3 Å². The molecule has 6 nitrogen and oxygen atoms in total. The zero-order chi connectivity index (χ0) is 20.4. The molecule has 2 heterocycles. The second kappa shape index (κ2) is 8.14. The maximum atomic E-state index is 12.6. The van der Waals surface area contributed by atoms with E-state index in [9.17, 15) is 9.59 Å². The lowest BCUT2D eigenvalue weighted by Crippen LogP contribution is -2.27. The number of amides is 1. The first-order valence-electron chi connectivity index (χ1n) is 8.95. The lowest BCUT2D eigenvalue weighted by atomic mass is 10.1.